The van der Waals surface area contributed by atoms with Gasteiger partial charge in [0.15, 0.2) is 5.13 Å². The average Bonchev–Trinajstić information content (AvgIpc) is 3.48. The van der Waals surface area contributed by atoms with Crippen LogP contribution in [0.5, 0.6) is 0 Å². The molecule has 0 radical (unpaired) electrons. The highest BCUT2D eigenvalue weighted by Gasteiger charge is 2.31. The zero-order valence-electron chi connectivity index (χ0n) is 16.7. The summed E-state index contributed by atoms with van der Waals surface area (Å²) in [5.74, 6) is -0.218. The first kappa shape index (κ1) is 21.2. The van der Waals surface area contributed by atoms with Crippen molar-refractivity contribution in [2.45, 2.75) is 25.4 Å². The van der Waals surface area contributed by atoms with E-state index >= 15 is 0 Å². The number of aliphatic hydroxyl groups excluding tert-OH is 1. The maximum atomic E-state index is 12.5. The number of urea groups is 1. The van der Waals surface area contributed by atoms with Crippen molar-refractivity contribution >= 4 is 51.2 Å². The van der Waals surface area contributed by atoms with Crippen LogP contribution in [0.1, 0.15) is 19.3 Å². The first-order valence-corrected chi connectivity index (χ1v) is 11.4. The summed E-state index contributed by atoms with van der Waals surface area (Å²) >= 11 is 2.67. The summed E-state index contributed by atoms with van der Waals surface area (Å²) in [7, 11) is 1.52. The maximum Gasteiger partial charge on any atom is 0.320 e. The van der Waals surface area contributed by atoms with Crippen molar-refractivity contribution in [1.82, 2.24) is 15.3 Å². The monoisotopic (exact) mass is 458 g/mol. The molecule has 0 spiro atoms. The van der Waals surface area contributed by atoms with Crippen LogP contribution in [0.25, 0.3) is 21.1 Å². The summed E-state index contributed by atoms with van der Waals surface area (Å²) in [6.07, 6.45) is 1.66. The van der Waals surface area contributed by atoms with Gasteiger partial charge >= 0.3 is 6.03 Å². The van der Waals surface area contributed by atoms with Gasteiger partial charge in [0.2, 0.25) is 5.91 Å². The zero-order chi connectivity index (χ0) is 22.0. The fourth-order valence-corrected chi connectivity index (χ4v) is 5.25. The van der Waals surface area contributed by atoms with E-state index in [-0.39, 0.29) is 17.9 Å². The van der Waals surface area contributed by atoms with E-state index in [1.54, 1.807) is 0 Å². The van der Waals surface area contributed by atoms with Crippen molar-refractivity contribution in [2.24, 2.45) is 5.92 Å². The molecule has 11 heteroatoms. The highest BCUT2D eigenvalue weighted by molar-refractivity contribution is 7.23. The Balaban J connectivity index is 1.51. The number of nitrogen functional groups attached to an aromatic ring is 1. The van der Waals surface area contributed by atoms with Crippen molar-refractivity contribution in [3.63, 3.8) is 0 Å². The Bertz CT molecular complexity index is 1110. The van der Waals surface area contributed by atoms with E-state index < -0.39 is 6.10 Å². The van der Waals surface area contributed by atoms with Crippen molar-refractivity contribution in [2.75, 3.05) is 23.4 Å². The van der Waals surface area contributed by atoms with Crippen LogP contribution in [0.15, 0.2) is 29.6 Å². The van der Waals surface area contributed by atoms with Crippen LogP contribution >= 0.6 is 22.7 Å². The smallest absolute Gasteiger partial charge is 0.320 e. The fourth-order valence-electron chi connectivity index (χ4n) is 3.45. The molecule has 0 saturated heterocycles. The molecule has 162 valence electrons. The summed E-state index contributed by atoms with van der Waals surface area (Å²) in [5.41, 5.74) is 8.26. The lowest BCUT2D eigenvalue weighted by Crippen LogP contribution is -2.28. The maximum absolute atomic E-state index is 12.5. The van der Waals surface area contributed by atoms with Crippen LogP contribution in [-0.4, -0.2) is 40.2 Å². The molecule has 0 unspecified atom stereocenters. The SMILES string of the molecule is CNC(=O)Nc1nc(N)c(-c2nc(-c3cccc(NC(=O)[C@@H]4CCC[C@@H]4O)c3)cs2)s1. The van der Waals surface area contributed by atoms with Crippen LogP contribution in [0.2, 0.25) is 0 Å². The van der Waals surface area contributed by atoms with E-state index in [1.807, 2.05) is 29.6 Å². The Labute approximate surface area is 186 Å². The highest BCUT2D eigenvalue weighted by Crippen LogP contribution is 2.38. The van der Waals surface area contributed by atoms with Gasteiger partial charge in [-0.1, -0.05) is 23.5 Å². The van der Waals surface area contributed by atoms with Crippen molar-refractivity contribution in [3.8, 4) is 21.1 Å². The fraction of sp³-hybridized carbons (Fsp3) is 0.300. The molecule has 1 aliphatic carbocycles. The van der Waals surface area contributed by atoms with E-state index in [2.05, 4.69) is 25.9 Å². The van der Waals surface area contributed by atoms with Gasteiger partial charge in [0.05, 0.1) is 17.7 Å². The van der Waals surface area contributed by atoms with Gasteiger partial charge in [-0.3, -0.25) is 10.1 Å². The van der Waals surface area contributed by atoms with Crippen molar-refractivity contribution in [1.29, 1.82) is 0 Å². The molecular formula is C20H22N6O3S2. The summed E-state index contributed by atoms with van der Waals surface area (Å²) in [6, 6.07) is 7.05. The van der Waals surface area contributed by atoms with Crippen LogP contribution in [0.3, 0.4) is 0 Å². The van der Waals surface area contributed by atoms with E-state index in [4.69, 9.17) is 5.73 Å². The van der Waals surface area contributed by atoms with Gasteiger partial charge in [-0.15, -0.1) is 11.3 Å². The van der Waals surface area contributed by atoms with Gasteiger partial charge in [0.1, 0.15) is 15.7 Å². The number of hydrogen-bond donors (Lipinski definition) is 5. The predicted molar refractivity (Wildman–Crippen MR) is 123 cm³/mol. The van der Waals surface area contributed by atoms with Gasteiger partial charge in [0.25, 0.3) is 0 Å². The number of carbonyl (C=O) groups is 2. The Hall–Kier alpha value is -3.02. The Kier molecular flexibility index (Phi) is 6.16. The number of nitrogens with two attached hydrogens (primary N) is 1. The molecule has 1 saturated carbocycles. The van der Waals surface area contributed by atoms with Crippen LogP contribution in [-0.2, 0) is 4.79 Å². The summed E-state index contributed by atoms with van der Waals surface area (Å²) < 4.78 is 0. The van der Waals surface area contributed by atoms with Crippen molar-refractivity contribution < 1.29 is 14.7 Å². The molecule has 9 nitrogen and oxygen atoms in total. The largest absolute Gasteiger partial charge is 0.392 e. The Morgan fingerprint density at radius 1 is 1.23 bits per heavy atom. The summed E-state index contributed by atoms with van der Waals surface area (Å²) in [6.45, 7) is 0. The number of benzene rings is 1. The minimum atomic E-state index is -0.572. The molecule has 4 rings (SSSR count). The van der Waals surface area contributed by atoms with Crippen LogP contribution in [0.4, 0.5) is 21.4 Å². The molecule has 2 aromatic heterocycles. The normalized spacial score (nSPS) is 18.0. The third kappa shape index (κ3) is 4.68. The van der Waals surface area contributed by atoms with E-state index in [0.717, 1.165) is 17.7 Å². The van der Waals surface area contributed by atoms with E-state index in [0.29, 0.717) is 39.4 Å². The van der Waals surface area contributed by atoms with E-state index in [1.165, 1.54) is 29.7 Å². The number of aromatic nitrogens is 2. The van der Waals surface area contributed by atoms with Gasteiger partial charge in [-0.2, -0.15) is 0 Å². The lowest BCUT2D eigenvalue weighted by atomic mass is 10.0. The number of anilines is 3. The molecule has 1 fully saturated rings. The molecule has 6 N–H and O–H groups in total. The van der Waals surface area contributed by atoms with Crippen LogP contribution in [0, 0.1) is 5.92 Å². The molecule has 0 bridgehead atoms. The van der Waals surface area contributed by atoms with Gasteiger partial charge in [0, 0.05) is 23.7 Å². The number of thiazole rings is 2. The first-order valence-electron chi connectivity index (χ1n) is 9.75. The van der Waals surface area contributed by atoms with Gasteiger partial charge < -0.3 is 21.5 Å². The van der Waals surface area contributed by atoms with Crippen molar-refractivity contribution in [3.05, 3.63) is 29.6 Å². The minimum Gasteiger partial charge on any atom is -0.392 e. The molecule has 0 aliphatic heterocycles. The lowest BCUT2D eigenvalue weighted by molar-refractivity contribution is -0.122. The molecule has 2 atom stereocenters. The lowest BCUT2D eigenvalue weighted by Gasteiger charge is -2.14. The Morgan fingerprint density at radius 2 is 2.06 bits per heavy atom. The number of carbonyl (C=O) groups excluding carboxylic acids is 2. The number of aliphatic hydroxyl groups is 1. The number of hydrogen-bond acceptors (Lipinski definition) is 8. The van der Waals surface area contributed by atoms with Gasteiger partial charge in [-0.25, -0.2) is 14.8 Å². The second-order valence-corrected chi connectivity index (χ2v) is 9.01. The number of rotatable bonds is 5. The molecular weight excluding hydrogens is 436 g/mol. The topological polar surface area (TPSA) is 142 Å². The quantitative estimate of drug-likeness (QED) is 0.397. The number of nitrogens with one attached hydrogen (secondary N) is 3. The average molecular weight is 459 g/mol. The standard InChI is InChI=1S/C20H22N6O3S2/c1-22-19(29)26-20-25-16(21)15(31-20)18-24-13(9-30-18)10-4-2-5-11(8-10)23-17(28)12-6-3-7-14(12)27/h2,4-5,8-9,12,14,27H,3,6-7,21H2,1H3,(H,23,28)(H2,22,25,26,29)/t12-,14+/m1/s1. The molecule has 3 aromatic rings. The third-order valence-corrected chi connectivity index (χ3v) is 7.02. The molecule has 1 aromatic carbocycles. The highest BCUT2D eigenvalue weighted by atomic mass is 32.1. The molecule has 1 aliphatic rings. The third-order valence-electron chi connectivity index (χ3n) is 5.04. The second kappa shape index (κ2) is 9.00. The molecule has 31 heavy (non-hydrogen) atoms. The van der Waals surface area contributed by atoms with Crippen LogP contribution < -0.4 is 21.7 Å². The number of nitrogens with zero attached hydrogens (tertiary/aromatic N) is 2. The van der Waals surface area contributed by atoms with E-state index in [9.17, 15) is 14.7 Å². The zero-order valence-corrected chi connectivity index (χ0v) is 18.3. The second-order valence-electron chi connectivity index (χ2n) is 7.15. The predicted octanol–water partition coefficient (Wildman–Crippen LogP) is 3.37. The molecule has 3 amide bonds. The number of amides is 3. The minimum absolute atomic E-state index is 0.158. The summed E-state index contributed by atoms with van der Waals surface area (Å²) in [4.78, 5) is 33.5. The Morgan fingerprint density at radius 3 is 2.81 bits per heavy atom. The molecule has 2 heterocycles. The summed E-state index contributed by atoms with van der Waals surface area (Å²) in [5, 5.41) is 20.9. The first-order chi connectivity index (χ1) is 14.9. The van der Waals surface area contributed by atoms with Gasteiger partial charge in [-0.05, 0) is 31.4 Å².